The molecule has 1 aromatic carbocycles. The molecule has 3 aromatic rings. The van der Waals surface area contributed by atoms with E-state index in [-0.39, 0.29) is 46.2 Å². The van der Waals surface area contributed by atoms with Gasteiger partial charge in [-0.05, 0) is 56.9 Å². The van der Waals surface area contributed by atoms with E-state index in [1.54, 1.807) is 6.07 Å². The number of thiazole rings is 1. The summed E-state index contributed by atoms with van der Waals surface area (Å²) >= 11 is 1.19. The first-order chi connectivity index (χ1) is 22.3. The SMILES string of the molecule is CC(C)COC(=O)CCN1CCN(c2ccnc(Nc3nc(-c4cc(F)cc(C(F)(F)F)c4)c(CN4[C@H](C)CC[C@H]4C)s3)c2F)CC1. The Bertz CT molecular complexity index is 1530. The molecule has 4 heterocycles. The second kappa shape index (κ2) is 14.8. The molecule has 2 fully saturated rings. The summed E-state index contributed by atoms with van der Waals surface area (Å²) in [5.74, 6) is -1.61. The number of aromatic nitrogens is 2. The summed E-state index contributed by atoms with van der Waals surface area (Å²) in [7, 11) is 0. The number of alkyl halides is 3. The lowest BCUT2D eigenvalue weighted by molar-refractivity contribution is -0.145. The molecule has 0 radical (unpaired) electrons. The molecule has 2 saturated heterocycles. The van der Waals surface area contributed by atoms with Crippen LogP contribution in [0.5, 0.6) is 0 Å². The van der Waals surface area contributed by atoms with Crippen molar-refractivity contribution in [3.8, 4) is 11.3 Å². The molecule has 0 amide bonds. The van der Waals surface area contributed by atoms with Crippen LogP contribution in [0.2, 0.25) is 0 Å². The molecule has 0 saturated carbocycles. The Hall–Kier alpha value is -3.36. The number of nitrogens with one attached hydrogen (secondary N) is 1. The minimum absolute atomic E-state index is 0.00404. The summed E-state index contributed by atoms with van der Waals surface area (Å²) in [6, 6.07) is 4.51. The summed E-state index contributed by atoms with van der Waals surface area (Å²) in [6.45, 7) is 11.9. The van der Waals surface area contributed by atoms with Gasteiger partial charge in [0.05, 0.1) is 30.0 Å². The number of benzene rings is 1. The summed E-state index contributed by atoms with van der Waals surface area (Å²) < 4.78 is 76.4. The van der Waals surface area contributed by atoms with E-state index in [4.69, 9.17) is 4.74 Å². The maximum absolute atomic E-state index is 15.9. The zero-order valence-corrected chi connectivity index (χ0v) is 27.9. The molecule has 2 aliphatic heterocycles. The van der Waals surface area contributed by atoms with Gasteiger partial charge in [-0.15, -0.1) is 0 Å². The number of hydrogen-bond acceptors (Lipinski definition) is 9. The summed E-state index contributed by atoms with van der Waals surface area (Å²) in [6.07, 6.45) is -0.975. The highest BCUT2D eigenvalue weighted by atomic mass is 32.1. The number of likely N-dealkylation sites (tertiary alicyclic amines) is 1. The van der Waals surface area contributed by atoms with E-state index >= 15 is 4.39 Å². The number of carbonyl (C=O) groups excluding carboxylic acids is 1. The standard InChI is InChI=1S/C33H41F5N6O2S/c1-20(2)19-46-28(45)8-10-42-11-13-43(14-12-42)26-7-9-39-31(29(26)35)41-32-40-30(23-15-24(33(36,37)38)17-25(34)16-23)27(47-32)18-44-21(3)5-6-22(44)4/h7,9,15-17,20-22H,5-6,8,10-14,18-19H2,1-4H3,(H,39,40,41)/t21-,22-/m1/s1. The fraction of sp³-hybridized carbons (Fsp3) is 0.545. The first-order valence-corrected chi connectivity index (χ1v) is 16.8. The highest BCUT2D eigenvalue weighted by Gasteiger charge is 2.33. The van der Waals surface area contributed by atoms with Crippen LogP contribution >= 0.6 is 11.3 Å². The van der Waals surface area contributed by atoms with Gasteiger partial charge in [-0.25, -0.2) is 18.7 Å². The maximum Gasteiger partial charge on any atom is 0.416 e. The molecule has 256 valence electrons. The average Bonchev–Trinajstić information content (AvgIpc) is 3.57. The molecule has 14 heteroatoms. The van der Waals surface area contributed by atoms with Gasteiger partial charge in [-0.3, -0.25) is 14.6 Å². The van der Waals surface area contributed by atoms with Crippen LogP contribution < -0.4 is 10.2 Å². The Balaban J connectivity index is 1.33. The average molecular weight is 681 g/mol. The molecular weight excluding hydrogens is 639 g/mol. The van der Waals surface area contributed by atoms with Crippen molar-refractivity contribution in [2.75, 3.05) is 49.5 Å². The summed E-state index contributed by atoms with van der Waals surface area (Å²) in [5.41, 5.74) is -0.524. The normalized spacial score (nSPS) is 19.5. The maximum atomic E-state index is 15.9. The van der Waals surface area contributed by atoms with Crippen LogP contribution in [-0.4, -0.2) is 77.2 Å². The predicted octanol–water partition coefficient (Wildman–Crippen LogP) is 7.33. The lowest BCUT2D eigenvalue weighted by atomic mass is 10.1. The van der Waals surface area contributed by atoms with Crippen LogP contribution in [0.1, 0.15) is 57.4 Å². The van der Waals surface area contributed by atoms with Crippen LogP contribution in [0.3, 0.4) is 0 Å². The number of piperazine rings is 1. The minimum atomic E-state index is -4.73. The van der Waals surface area contributed by atoms with Crippen LogP contribution in [-0.2, 0) is 22.3 Å². The third-order valence-corrected chi connectivity index (χ3v) is 9.63. The quantitative estimate of drug-likeness (QED) is 0.167. The number of carbonyl (C=O) groups is 1. The Labute approximate surface area is 275 Å². The molecule has 0 bridgehead atoms. The van der Waals surface area contributed by atoms with Crippen molar-refractivity contribution in [3.63, 3.8) is 0 Å². The first kappa shape index (κ1) is 35.0. The highest BCUT2D eigenvalue weighted by molar-refractivity contribution is 7.16. The molecular formula is C33H41F5N6O2S. The van der Waals surface area contributed by atoms with E-state index in [2.05, 4.69) is 38.9 Å². The van der Waals surface area contributed by atoms with Gasteiger partial charge in [-0.1, -0.05) is 25.2 Å². The lowest BCUT2D eigenvalue weighted by Crippen LogP contribution is -2.47. The zero-order chi connectivity index (χ0) is 33.9. The molecule has 2 atom stereocenters. The second-order valence-electron chi connectivity index (χ2n) is 12.7. The number of ether oxygens (including phenoxy) is 1. The van der Waals surface area contributed by atoms with Gasteiger partial charge in [0, 0.05) is 68.0 Å². The van der Waals surface area contributed by atoms with Gasteiger partial charge in [0.1, 0.15) is 5.82 Å². The van der Waals surface area contributed by atoms with Gasteiger partial charge in [0.2, 0.25) is 0 Å². The minimum Gasteiger partial charge on any atom is -0.465 e. The van der Waals surface area contributed by atoms with Gasteiger partial charge >= 0.3 is 12.1 Å². The van der Waals surface area contributed by atoms with Crippen molar-refractivity contribution < 1.29 is 31.5 Å². The van der Waals surface area contributed by atoms with E-state index in [9.17, 15) is 22.4 Å². The number of pyridine rings is 1. The van der Waals surface area contributed by atoms with E-state index < -0.39 is 23.4 Å². The number of hydrogen-bond donors (Lipinski definition) is 1. The van der Waals surface area contributed by atoms with Gasteiger partial charge in [0.15, 0.2) is 16.8 Å². The molecule has 0 spiro atoms. The number of nitrogens with zero attached hydrogens (tertiary/aromatic N) is 5. The van der Waals surface area contributed by atoms with Gasteiger partial charge in [-0.2, -0.15) is 13.2 Å². The van der Waals surface area contributed by atoms with Crippen LogP contribution in [0, 0.1) is 17.6 Å². The molecule has 0 aliphatic carbocycles. The monoisotopic (exact) mass is 680 g/mol. The first-order valence-electron chi connectivity index (χ1n) is 16.0. The third-order valence-electron chi connectivity index (χ3n) is 8.67. The number of anilines is 3. The summed E-state index contributed by atoms with van der Waals surface area (Å²) in [5, 5.41) is 3.19. The third kappa shape index (κ3) is 8.76. The number of esters is 1. The molecule has 2 aromatic heterocycles. The molecule has 8 nitrogen and oxygen atoms in total. The van der Waals surface area contributed by atoms with Crippen molar-refractivity contribution in [1.82, 2.24) is 19.8 Å². The fourth-order valence-electron chi connectivity index (χ4n) is 6.01. The highest BCUT2D eigenvalue weighted by Crippen LogP contribution is 2.39. The van der Waals surface area contributed by atoms with Crippen LogP contribution in [0.4, 0.5) is 38.6 Å². The molecule has 5 rings (SSSR count). The van der Waals surface area contributed by atoms with E-state index in [1.807, 2.05) is 18.7 Å². The Morgan fingerprint density at radius 3 is 2.45 bits per heavy atom. The van der Waals surface area contributed by atoms with Crippen LogP contribution in [0.25, 0.3) is 11.3 Å². The Morgan fingerprint density at radius 1 is 1.09 bits per heavy atom. The van der Waals surface area contributed by atoms with Gasteiger partial charge < -0.3 is 15.0 Å². The van der Waals surface area contributed by atoms with Crippen molar-refractivity contribution in [3.05, 3.63) is 52.5 Å². The van der Waals surface area contributed by atoms with Crippen molar-refractivity contribution >= 4 is 33.9 Å². The predicted molar refractivity (Wildman–Crippen MR) is 173 cm³/mol. The Kier molecular flexibility index (Phi) is 11.0. The van der Waals surface area contributed by atoms with E-state index in [1.165, 1.54) is 17.5 Å². The smallest absolute Gasteiger partial charge is 0.416 e. The van der Waals surface area contributed by atoms with Gasteiger partial charge in [0.25, 0.3) is 0 Å². The molecule has 2 aliphatic rings. The largest absolute Gasteiger partial charge is 0.465 e. The van der Waals surface area contributed by atoms with Crippen LogP contribution in [0.15, 0.2) is 30.5 Å². The number of halogens is 5. The van der Waals surface area contributed by atoms with Crippen molar-refractivity contribution in [2.24, 2.45) is 5.92 Å². The fourth-order valence-corrected chi connectivity index (χ4v) is 7.01. The summed E-state index contributed by atoms with van der Waals surface area (Å²) in [4.78, 5) is 27.7. The second-order valence-corrected chi connectivity index (χ2v) is 13.8. The topological polar surface area (TPSA) is 73.8 Å². The molecule has 1 N–H and O–H groups in total. The molecule has 47 heavy (non-hydrogen) atoms. The zero-order valence-electron chi connectivity index (χ0n) is 27.0. The van der Waals surface area contributed by atoms with E-state index in [0.29, 0.717) is 68.9 Å². The van der Waals surface area contributed by atoms with Crippen molar-refractivity contribution in [1.29, 1.82) is 0 Å². The number of rotatable bonds is 11. The lowest BCUT2D eigenvalue weighted by Gasteiger charge is -2.36. The van der Waals surface area contributed by atoms with E-state index in [0.717, 1.165) is 25.0 Å². The van der Waals surface area contributed by atoms with Crippen molar-refractivity contribution in [2.45, 2.75) is 71.8 Å². The molecule has 0 unspecified atom stereocenters. The Morgan fingerprint density at radius 2 is 1.79 bits per heavy atom.